The Hall–Kier alpha value is -0.660. The van der Waals surface area contributed by atoms with Gasteiger partial charge >= 0.3 is 0 Å². The third kappa shape index (κ3) is 3.90. The molecule has 1 saturated heterocycles. The minimum Gasteiger partial charge on any atom is -0.392 e. The number of carbonyl (C=O) groups excluding carboxylic acids is 1. The Kier molecular flexibility index (Phi) is 4.17. The fraction of sp³-hybridized carbons (Fsp3) is 0.917. The van der Waals surface area contributed by atoms with E-state index in [0.29, 0.717) is 19.0 Å². The molecular formula is C12H22N2O4S. The largest absolute Gasteiger partial charge is 0.392 e. The van der Waals surface area contributed by atoms with Crippen LogP contribution in [-0.2, 0) is 14.8 Å². The molecule has 2 fully saturated rings. The van der Waals surface area contributed by atoms with Gasteiger partial charge in [0.15, 0.2) is 0 Å². The molecule has 0 radical (unpaired) electrons. The first-order valence-corrected chi connectivity index (χ1v) is 8.38. The molecule has 7 heteroatoms. The van der Waals surface area contributed by atoms with Crippen molar-refractivity contribution in [2.45, 2.75) is 26.4 Å². The third-order valence-electron chi connectivity index (χ3n) is 3.75. The van der Waals surface area contributed by atoms with Crippen molar-refractivity contribution in [3.63, 3.8) is 0 Å². The zero-order valence-corrected chi connectivity index (χ0v) is 12.2. The van der Waals surface area contributed by atoms with Gasteiger partial charge in [0, 0.05) is 31.5 Å². The Morgan fingerprint density at radius 3 is 2.53 bits per heavy atom. The molecule has 1 heterocycles. The van der Waals surface area contributed by atoms with Gasteiger partial charge in [-0.1, -0.05) is 6.92 Å². The highest BCUT2D eigenvalue weighted by Crippen LogP contribution is 2.40. The van der Waals surface area contributed by atoms with Gasteiger partial charge in [0.2, 0.25) is 15.9 Å². The number of aliphatic hydroxyl groups is 1. The van der Waals surface area contributed by atoms with E-state index < -0.39 is 16.1 Å². The van der Waals surface area contributed by atoms with Gasteiger partial charge in [0.1, 0.15) is 0 Å². The number of carbonyl (C=O) groups is 1. The Bertz CT molecular complexity index is 443. The predicted molar refractivity (Wildman–Crippen MR) is 70.8 cm³/mol. The Balaban J connectivity index is 1.71. The van der Waals surface area contributed by atoms with Crippen LogP contribution in [0.15, 0.2) is 0 Å². The number of hydrogen-bond acceptors (Lipinski definition) is 4. The summed E-state index contributed by atoms with van der Waals surface area (Å²) < 4.78 is 25.7. The molecule has 110 valence electrons. The lowest BCUT2D eigenvalue weighted by molar-refractivity contribution is -0.138. The van der Waals surface area contributed by atoms with Gasteiger partial charge in [-0.2, -0.15) is 0 Å². The Morgan fingerprint density at radius 2 is 2.05 bits per heavy atom. The molecule has 0 unspecified atom stereocenters. The molecule has 0 spiro atoms. The molecule has 0 bridgehead atoms. The second kappa shape index (κ2) is 5.38. The van der Waals surface area contributed by atoms with E-state index in [1.165, 1.54) is 6.92 Å². The highest BCUT2D eigenvalue weighted by Gasteiger charge is 2.45. The molecule has 1 aliphatic carbocycles. The van der Waals surface area contributed by atoms with Gasteiger partial charge in [0.05, 0.1) is 11.9 Å². The lowest BCUT2D eigenvalue weighted by atomic mass is 10.0. The van der Waals surface area contributed by atoms with Crippen molar-refractivity contribution in [2.24, 2.45) is 17.8 Å². The average Bonchev–Trinajstić information content (AvgIpc) is 2.97. The summed E-state index contributed by atoms with van der Waals surface area (Å²) in [6, 6.07) is 0. The second-order valence-corrected chi connectivity index (χ2v) is 7.76. The molecule has 2 aliphatic rings. The fourth-order valence-electron chi connectivity index (χ4n) is 2.37. The minimum absolute atomic E-state index is 0.0181. The van der Waals surface area contributed by atoms with E-state index in [9.17, 15) is 13.2 Å². The van der Waals surface area contributed by atoms with Gasteiger partial charge in [-0.05, 0) is 19.3 Å². The van der Waals surface area contributed by atoms with Crippen molar-refractivity contribution in [3.8, 4) is 0 Å². The Labute approximate surface area is 114 Å². The maximum absolute atomic E-state index is 11.9. The first kappa shape index (κ1) is 14.7. The summed E-state index contributed by atoms with van der Waals surface area (Å²) in [5, 5.41) is 9.05. The Morgan fingerprint density at radius 1 is 1.47 bits per heavy atom. The second-order valence-electron chi connectivity index (χ2n) is 5.91. The summed E-state index contributed by atoms with van der Waals surface area (Å²) in [5.74, 6) is 0.889. The van der Waals surface area contributed by atoms with E-state index in [4.69, 9.17) is 5.11 Å². The van der Waals surface area contributed by atoms with E-state index in [0.717, 1.165) is 6.42 Å². The molecule has 1 saturated carbocycles. The van der Waals surface area contributed by atoms with Crippen LogP contribution in [0.5, 0.6) is 0 Å². The number of likely N-dealkylation sites (tertiary alicyclic amines) is 1. The van der Waals surface area contributed by atoms with Crippen molar-refractivity contribution in [2.75, 3.05) is 25.4 Å². The summed E-state index contributed by atoms with van der Waals surface area (Å²) in [6.45, 7) is 4.71. The van der Waals surface area contributed by atoms with E-state index in [1.54, 1.807) is 4.90 Å². The molecule has 2 rings (SSSR count). The molecule has 0 aromatic rings. The number of nitrogens with one attached hydrogen (secondary N) is 1. The molecule has 2 N–H and O–H groups in total. The van der Waals surface area contributed by atoms with Gasteiger partial charge in [-0.3, -0.25) is 4.79 Å². The molecule has 1 aliphatic heterocycles. The van der Waals surface area contributed by atoms with Crippen LogP contribution in [0.1, 0.15) is 20.3 Å². The molecule has 1 amide bonds. The lowest BCUT2D eigenvalue weighted by Gasteiger charge is -2.39. The maximum Gasteiger partial charge on any atom is 0.225 e. The van der Waals surface area contributed by atoms with Gasteiger partial charge in [-0.25, -0.2) is 13.1 Å². The van der Waals surface area contributed by atoms with Gasteiger partial charge in [-0.15, -0.1) is 0 Å². The average molecular weight is 290 g/mol. The first-order valence-electron chi connectivity index (χ1n) is 6.72. The van der Waals surface area contributed by atoms with Crippen molar-refractivity contribution in [1.29, 1.82) is 0 Å². The number of rotatable bonds is 6. The fourth-order valence-corrected chi connectivity index (χ4v) is 3.82. The first-order chi connectivity index (χ1) is 8.78. The van der Waals surface area contributed by atoms with Crippen LogP contribution in [0.25, 0.3) is 0 Å². The van der Waals surface area contributed by atoms with Crippen LogP contribution < -0.4 is 4.72 Å². The zero-order valence-electron chi connectivity index (χ0n) is 11.4. The highest BCUT2D eigenvalue weighted by atomic mass is 32.2. The van der Waals surface area contributed by atoms with E-state index >= 15 is 0 Å². The molecule has 19 heavy (non-hydrogen) atoms. The standard InChI is InChI=1S/C12H22N2O4S/c1-8-3-11(8)12(16)14-5-10(6-14)7-19(17,18)13-4-9(2)15/h8-11,13,15H,3-7H2,1-2H3/t8-,9-,11+/m0/s1. The van der Waals surface area contributed by atoms with E-state index in [1.807, 2.05) is 0 Å². The van der Waals surface area contributed by atoms with Crippen molar-refractivity contribution < 1.29 is 18.3 Å². The topological polar surface area (TPSA) is 86.7 Å². The number of hydrogen-bond donors (Lipinski definition) is 2. The maximum atomic E-state index is 11.9. The van der Waals surface area contributed by atoms with Crippen LogP contribution in [0.3, 0.4) is 0 Å². The lowest BCUT2D eigenvalue weighted by Crippen LogP contribution is -2.54. The van der Waals surface area contributed by atoms with Crippen molar-refractivity contribution in [3.05, 3.63) is 0 Å². The van der Waals surface area contributed by atoms with Crippen molar-refractivity contribution >= 4 is 15.9 Å². The summed E-state index contributed by atoms with van der Waals surface area (Å²) >= 11 is 0. The minimum atomic E-state index is -3.35. The van der Waals surface area contributed by atoms with Gasteiger partial charge in [0.25, 0.3) is 0 Å². The predicted octanol–water partition coefficient (Wildman–Crippen LogP) is -0.599. The smallest absolute Gasteiger partial charge is 0.225 e. The van der Waals surface area contributed by atoms with E-state index in [2.05, 4.69) is 11.6 Å². The number of sulfonamides is 1. The van der Waals surface area contributed by atoms with Crippen molar-refractivity contribution in [1.82, 2.24) is 9.62 Å². The quantitative estimate of drug-likeness (QED) is 0.684. The number of nitrogens with zero attached hydrogens (tertiary/aromatic N) is 1. The van der Waals surface area contributed by atoms with Crippen LogP contribution in [0, 0.1) is 17.8 Å². The summed E-state index contributed by atoms with van der Waals surface area (Å²) in [7, 11) is -3.35. The number of aliphatic hydroxyl groups excluding tert-OH is 1. The molecule has 6 nitrogen and oxygen atoms in total. The molecule has 0 aromatic carbocycles. The molecule has 3 atom stereocenters. The highest BCUT2D eigenvalue weighted by molar-refractivity contribution is 7.89. The van der Waals surface area contributed by atoms with Crippen LogP contribution in [0.2, 0.25) is 0 Å². The van der Waals surface area contributed by atoms with Gasteiger partial charge < -0.3 is 10.0 Å². The normalized spacial score (nSPS) is 28.9. The summed E-state index contributed by atoms with van der Waals surface area (Å²) in [4.78, 5) is 13.6. The van der Waals surface area contributed by atoms with E-state index in [-0.39, 0.29) is 30.0 Å². The summed E-state index contributed by atoms with van der Waals surface area (Å²) in [5.41, 5.74) is 0. The molecular weight excluding hydrogens is 268 g/mol. The SMILES string of the molecule is C[C@H](O)CNS(=O)(=O)CC1CN(C(=O)[C@@H]2C[C@@H]2C)C1. The van der Waals surface area contributed by atoms with Crippen LogP contribution >= 0.6 is 0 Å². The summed E-state index contributed by atoms with van der Waals surface area (Å²) in [6.07, 6.45) is 0.277. The monoisotopic (exact) mass is 290 g/mol. The molecule has 0 aromatic heterocycles. The zero-order chi connectivity index (χ0) is 14.2. The number of amides is 1. The third-order valence-corrected chi connectivity index (χ3v) is 5.27. The van der Waals surface area contributed by atoms with Crippen LogP contribution in [0.4, 0.5) is 0 Å². The van der Waals surface area contributed by atoms with Crippen LogP contribution in [-0.4, -0.2) is 55.8 Å².